The molecule has 20 heavy (non-hydrogen) atoms. The van der Waals surface area contributed by atoms with E-state index in [1.807, 2.05) is 6.07 Å². The summed E-state index contributed by atoms with van der Waals surface area (Å²) in [6.45, 7) is 3.04. The van der Waals surface area contributed by atoms with Gasteiger partial charge in [-0.15, -0.1) is 0 Å². The highest BCUT2D eigenvalue weighted by Crippen LogP contribution is 2.10. The number of imidazole rings is 1. The third-order valence-corrected chi connectivity index (χ3v) is 4.23. The Labute approximate surface area is 136 Å². The largest absolute Gasteiger partial charge is 1.00 e. The second-order valence-electron chi connectivity index (χ2n) is 5.16. The van der Waals surface area contributed by atoms with E-state index in [-0.39, 0.29) is 17.0 Å². The zero-order valence-electron chi connectivity index (χ0n) is 11.4. The van der Waals surface area contributed by atoms with Crippen molar-refractivity contribution < 1.29 is 21.5 Å². The van der Waals surface area contributed by atoms with Gasteiger partial charge in [0.15, 0.2) is 0 Å². The van der Waals surface area contributed by atoms with Crippen molar-refractivity contribution in [3.8, 4) is 0 Å². The molecular formula is C15H20BrN3S. The Morgan fingerprint density at radius 1 is 1.30 bits per heavy atom. The van der Waals surface area contributed by atoms with Crippen LogP contribution >= 0.6 is 12.6 Å². The summed E-state index contributed by atoms with van der Waals surface area (Å²) >= 11 is 4.66. The Morgan fingerprint density at radius 3 is 2.80 bits per heavy atom. The second kappa shape index (κ2) is 7.29. The van der Waals surface area contributed by atoms with E-state index in [0.717, 1.165) is 24.8 Å². The van der Waals surface area contributed by atoms with Crippen LogP contribution in [0.2, 0.25) is 0 Å². The lowest BCUT2D eigenvalue weighted by Gasteiger charge is -2.07. The number of halogens is 1. The van der Waals surface area contributed by atoms with E-state index in [2.05, 4.69) is 63.7 Å². The van der Waals surface area contributed by atoms with Gasteiger partial charge in [-0.25, -0.2) is 9.13 Å². The van der Waals surface area contributed by atoms with E-state index in [1.165, 1.54) is 18.4 Å². The minimum absolute atomic E-state index is 0. The number of benzene rings is 1. The van der Waals surface area contributed by atoms with Crippen LogP contribution in [0.15, 0.2) is 47.9 Å². The van der Waals surface area contributed by atoms with Gasteiger partial charge in [-0.05, 0) is 24.9 Å². The molecule has 0 amide bonds. The van der Waals surface area contributed by atoms with E-state index in [1.54, 1.807) is 0 Å². The molecule has 0 spiro atoms. The van der Waals surface area contributed by atoms with E-state index >= 15 is 0 Å². The predicted molar refractivity (Wildman–Crippen MR) is 78.4 cm³/mol. The van der Waals surface area contributed by atoms with Crippen molar-refractivity contribution in [2.75, 3.05) is 6.54 Å². The molecule has 0 radical (unpaired) electrons. The van der Waals surface area contributed by atoms with E-state index < -0.39 is 0 Å². The van der Waals surface area contributed by atoms with Gasteiger partial charge in [-0.1, -0.05) is 43.0 Å². The van der Waals surface area contributed by atoms with Crippen LogP contribution < -0.4 is 26.9 Å². The van der Waals surface area contributed by atoms with Crippen molar-refractivity contribution in [2.45, 2.75) is 37.1 Å². The summed E-state index contributed by atoms with van der Waals surface area (Å²) in [6.07, 6.45) is 6.80. The molecule has 1 fully saturated rings. The van der Waals surface area contributed by atoms with Gasteiger partial charge in [-0.3, -0.25) is 0 Å². The van der Waals surface area contributed by atoms with Crippen molar-refractivity contribution >= 4 is 12.6 Å². The number of nitrogens with one attached hydrogen (secondary N) is 1. The molecule has 0 unspecified atom stereocenters. The predicted octanol–water partition coefficient (Wildman–Crippen LogP) is -1.13. The Kier molecular flexibility index (Phi) is 5.69. The third-order valence-electron chi connectivity index (χ3n) is 3.72. The van der Waals surface area contributed by atoms with E-state index in [9.17, 15) is 0 Å². The van der Waals surface area contributed by atoms with E-state index in [4.69, 9.17) is 0 Å². The molecule has 2 aromatic rings. The number of thiol groups is 1. The standard InChI is InChI=1S/C15H19N3S.BrH/c19-15-17(11-13-5-2-1-3-6-13)9-10-18(15)12-14-7-4-8-16-14;/h1-3,5-6,9-10,14,16H,4,7-8,11-12H2;1H/t14-;/m0./s1. The number of nitrogens with zero attached hydrogens (tertiary/aromatic N) is 2. The number of hydrogen-bond donors (Lipinski definition) is 2. The smallest absolute Gasteiger partial charge is 0.315 e. The molecule has 108 valence electrons. The molecule has 1 N–H and O–H groups in total. The van der Waals surface area contributed by atoms with Crippen LogP contribution in [0.3, 0.4) is 0 Å². The highest BCUT2D eigenvalue weighted by Gasteiger charge is 2.20. The lowest BCUT2D eigenvalue weighted by Crippen LogP contribution is -3.00. The minimum Gasteiger partial charge on any atom is -1.00 e. The van der Waals surface area contributed by atoms with Crippen LogP contribution in [-0.4, -0.2) is 17.2 Å². The Morgan fingerprint density at radius 2 is 2.10 bits per heavy atom. The Hall–Kier alpha value is -0.780. The molecular weight excluding hydrogens is 334 g/mol. The first kappa shape index (κ1) is 15.6. The van der Waals surface area contributed by atoms with Crippen LogP contribution in [-0.2, 0) is 13.1 Å². The van der Waals surface area contributed by atoms with Gasteiger partial charge in [-0.2, -0.15) is 0 Å². The molecule has 5 heteroatoms. The van der Waals surface area contributed by atoms with Gasteiger partial charge >= 0.3 is 5.16 Å². The summed E-state index contributed by atoms with van der Waals surface area (Å²) < 4.78 is 4.42. The molecule has 0 saturated carbocycles. The summed E-state index contributed by atoms with van der Waals surface area (Å²) in [6, 6.07) is 11.1. The molecule has 0 aliphatic carbocycles. The first-order valence-corrected chi connectivity index (χ1v) is 7.32. The molecule has 1 saturated heterocycles. The van der Waals surface area contributed by atoms with Crippen molar-refractivity contribution in [3.05, 3.63) is 48.3 Å². The first-order chi connectivity index (χ1) is 9.33. The van der Waals surface area contributed by atoms with Crippen molar-refractivity contribution in [1.82, 2.24) is 9.88 Å². The molecule has 3 rings (SSSR count). The average Bonchev–Trinajstić information content (AvgIpc) is 3.05. The lowest BCUT2D eigenvalue weighted by atomic mass is 10.2. The number of rotatable bonds is 4. The maximum absolute atomic E-state index is 4.66. The SMILES string of the molecule is Sc1n(C[C@@H]2CCCN2)cc[n+]1Cc1ccccc1.[Br-]. The summed E-state index contributed by atoms with van der Waals surface area (Å²) in [4.78, 5) is 0. The normalized spacial score (nSPS) is 17.9. The molecule has 2 heterocycles. The summed E-state index contributed by atoms with van der Waals surface area (Å²) in [7, 11) is 0. The fraction of sp³-hybridized carbons (Fsp3) is 0.400. The number of aromatic nitrogens is 2. The fourth-order valence-electron chi connectivity index (χ4n) is 2.66. The molecule has 3 nitrogen and oxygen atoms in total. The van der Waals surface area contributed by atoms with Gasteiger partial charge in [0.05, 0.1) is 0 Å². The van der Waals surface area contributed by atoms with Crippen molar-refractivity contribution in [3.63, 3.8) is 0 Å². The minimum atomic E-state index is 0. The van der Waals surface area contributed by atoms with Gasteiger partial charge in [0.2, 0.25) is 0 Å². The third kappa shape index (κ3) is 3.65. The quantitative estimate of drug-likeness (QED) is 0.526. The Bertz CT molecular complexity index is 535. The molecule has 1 aromatic carbocycles. The highest BCUT2D eigenvalue weighted by atomic mass is 79.9. The van der Waals surface area contributed by atoms with E-state index in [0.29, 0.717) is 6.04 Å². The molecule has 1 atom stereocenters. The first-order valence-electron chi connectivity index (χ1n) is 6.88. The van der Waals surface area contributed by atoms with Crippen LogP contribution in [0.25, 0.3) is 0 Å². The topological polar surface area (TPSA) is 20.8 Å². The molecule has 1 aliphatic heterocycles. The van der Waals surface area contributed by atoms with Crippen LogP contribution in [0.4, 0.5) is 0 Å². The van der Waals surface area contributed by atoms with Crippen LogP contribution in [0, 0.1) is 0 Å². The number of hydrogen-bond acceptors (Lipinski definition) is 2. The highest BCUT2D eigenvalue weighted by molar-refractivity contribution is 7.80. The summed E-state index contributed by atoms with van der Waals surface area (Å²) in [5.74, 6) is 0. The van der Waals surface area contributed by atoms with Gasteiger partial charge in [0.1, 0.15) is 25.5 Å². The van der Waals surface area contributed by atoms with Gasteiger partial charge in [0.25, 0.3) is 0 Å². The molecule has 1 aromatic heterocycles. The van der Waals surface area contributed by atoms with Gasteiger partial charge in [0, 0.05) is 6.04 Å². The summed E-state index contributed by atoms with van der Waals surface area (Å²) in [5.41, 5.74) is 1.31. The zero-order chi connectivity index (χ0) is 13.1. The lowest BCUT2D eigenvalue weighted by molar-refractivity contribution is -0.725. The maximum atomic E-state index is 4.66. The monoisotopic (exact) mass is 353 g/mol. The maximum Gasteiger partial charge on any atom is 0.315 e. The van der Waals surface area contributed by atoms with Crippen LogP contribution in [0.5, 0.6) is 0 Å². The Balaban J connectivity index is 0.00000147. The molecule has 0 bridgehead atoms. The van der Waals surface area contributed by atoms with Crippen LogP contribution in [0.1, 0.15) is 18.4 Å². The average molecular weight is 354 g/mol. The fourth-order valence-corrected chi connectivity index (χ4v) is 2.94. The second-order valence-corrected chi connectivity index (χ2v) is 5.56. The van der Waals surface area contributed by atoms with Gasteiger partial charge < -0.3 is 22.3 Å². The summed E-state index contributed by atoms with van der Waals surface area (Å²) in [5, 5.41) is 4.55. The van der Waals surface area contributed by atoms with Crippen molar-refractivity contribution in [2.24, 2.45) is 0 Å². The van der Waals surface area contributed by atoms with Crippen molar-refractivity contribution in [1.29, 1.82) is 0 Å². The zero-order valence-corrected chi connectivity index (χ0v) is 13.9. The molecule has 1 aliphatic rings.